The molecular formula is C5H14NO13P3. The van der Waals surface area contributed by atoms with E-state index in [4.69, 9.17) is 34.9 Å². The molecule has 1 heterocycles. The van der Waals surface area contributed by atoms with Gasteiger partial charge in [-0.15, -0.1) is 0 Å². The summed E-state index contributed by atoms with van der Waals surface area (Å²) in [4.78, 5) is 43.0. The summed E-state index contributed by atoms with van der Waals surface area (Å²) >= 11 is 0. The molecule has 0 saturated carbocycles. The van der Waals surface area contributed by atoms with Gasteiger partial charge < -0.3 is 40.0 Å². The van der Waals surface area contributed by atoms with Crippen molar-refractivity contribution in [3.05, 3.63) is 0 Å². The summed E-state index contributed by atoms with van der Waals surface area (Å²) in [5.74, 6) is 0. The summed E-state index contributed by atoms with van der Waals surface area (Å²) in [6.07, 6.45) is -6.36. The van der Waals surface area contributed by atoms with E-state index in [1.807, 2.05) is 0 Å². The second-order valence-corrected chi connectivity index (χ2v) is 8.05. The van der Waals surface area contributed by atoms with Crippen LogP contribution in [0.15, 0.2) is 0 Å². The van der Waals surface area contributed by atoms with E-state index in [-0.39, 0.29) is 0 Å². The lowest BCUT2D eigenvalue weighted by atomic mass is 10.1. The quantitative estimate of drug-likeness (QED) is 0.228. The third-order valence-electron chi connectivity index (χ3n) is 2.24. The van der Waals surface area contributed by atoms with Gasteiger partial charge in [-0.05, 0) is 0 Å². The van der Waals surface area contributed by atoms with E-state index in [9.17, 15) is 18.8 Å². The molecule has 0 aliphatic carbocycles. The van der Waals surface area contributed by atoms with Crippen LogP contribution < -0.4 is 5.73 Å². The van der Waals surface area contributed by atoms with E-state index < -0.39 is 54.6 Å². The molecule has 0 aromatic rings. The smallest absolute Gasteiger partial charge is 0.387 e. The van der Waals surface area contributed by atoms with Crippen LogP contribution in [-0.4, -0.2) is 60.7 Å². The van der Waals surface area contributed by atoms with Crippen LogP contribution in [0.5, 0.6) is 0 Å². The average molecular weight is 389 g/mol. The van der Waals surface area contributed by atoms with Gasteiger partial charge in [-0.25, -0.2) is 13.7 Å². The van der Waals surface area contributed by atoms with Gasteiger partial charge in [0.15, 0.2) is 0 Å². The fraction of sp³-hybridized carbons (Fsp3) is 1.00. The molecule has 14 nitrogen and oxygen atoms in total. The molecule has 0 aromatic heterocycles. The molecule has 17 heteroatoms. The number of aliphatic hydroxyl groups excluding tert-OH is 1. The van der Waals surface area contributed by atoms with Gasteiger partial charge in [0.05, 0.1) is 6.61 Å². The fourth-order valence-corrected chi connectivity index (χ4v) is 3.67. The number of hydrogen-bond donors (Lipinski definition) is 7. The first-order valence-electron chi connectivity index (χ1n) is 5.27. The predicted octanol–water partition coefficient (Wildman–Crippen LogP) is -2.26. The summed E-state index contributed by atoms with van der Waals surface area (Å²) in [6, 6.07) is 0. The molecule has 0 radical (unpaired) electrons. The second-order valence-electron chi connectivity index (χ2n) is 4.03. The summed E-state index contributed by atoms with van der Waals surface area (Å²) in [5, 5.41) is 9.69. The van der Waals surface area contributed by atoms with Crippen LogP contribution in [-0.2, 0) is 31.8 Å². The van der Waals surface area contributed by atoms with Crippen molar-refractivity contribution < 1.29 is 61.4 Å². The van der Waals surface area contributed by atoms with Gasteiger partial charge in [0.1, 0.15) is 24.5 Å². The number of nitrogens with two attached hydrogens (primary N) is 1. The van der Waals surface area contributed by atoms with Gasteiger partial charge >= 0.3 is 23.5 Å². The van der Waals surface area contributed by atoms with Gasteiger partial charge in [-0.3, -0.25) is 9.05 Å². The maximum atomic E-state index is 11.2. The molecule has 1 saturated heterocycles. The lowest BCUT2D eigenvalue weighted by Crippen LogP contribution is -2.39. The third-order valence-corrected chi connectivity index (χ3v) is 4.91. The zero-order valence-electron chi connectivity index (χ0n) is 10.5. The van der Waals surface area contributed by atoms with Crippen molar-refractivity contribution in [2.24, 2.45) is 5.73 Å². The topological polar surface area (TPSA) is 236 Å². The van der Waals surface area contributed by atoms with Gasteiger partial charge in [0.25, 0.3) is 0 Å². The molecule has 1 unspecified atom stereocenters. The Hall–Kier alpha value is 0.250. The minimum absolute atomic E-state index is 0.927. The molecule has 8 N–H and O–H groups in total. The Morgan fingerprint density at radius 1 is 1.05 bits per heavy atom. The van der Waals surface area contributed by atoms with Gasteiger partial charge in [-0.1, -0.05) is 0 Å². The van der Waals surface area contributed by atoms with Gasteiger partial charge in [0, 0.05) is 0 Å². The monoisotopic (exact) mass is 389 g/mol. The number of phosphoric acid groups is 3. The van der Waals surface area contributed by atoms with Crippen LogP contribution in [0.3, 0.4) is 0 Å². The van der Waals surface area contributed by atoms with E-state index in [0.717, 1.165) is 0 Å². The second kappa shape index (κ2) is 7.01. The van der Waals surface area contributed by atoms with E-state index in [0.29, 0.717) is 0 Å². The highest BCUT2D eigenvalue weighted by molar-refractivity contribution is 7.60. The summed E-state index contributed by atoms with van der Waals surface area (Å²) in [7, 11) is -15.5. The average Bonchev–Trinajstić information content (AvgIpc) is 2.49. The number of hydrogen-bond acceptors (Lipinski definition) is 9. The Morgan fingerprint density at radius 3 is 2.05 bits per heavy atom. The lowest BCUT2D eigenvalue weighted by molar-refractivity contribution is -0.0196. The first-order chi connectivity index (χ1) is 9.70. The minimum Gasteiger partial charge on any atom is -0.387 e. The molecule has 1 fully saturated rings. The van der Waals surface area contributed by atoms with Crippen LogP contribution in [0.2, 0.25) is 0 Å². The number of ether oxygens (including phenoxy) is 1. The largest absolute Gasteiger partial charge is 0.481 e. The highest BCUT2D eigenvalue weighted by Crippen LogP contribution is 2.57. The third kappa shape index (κ3) is 6.79. The van der Waals surface area contributed by atoms with Crippen molar-refractivity contribution in [2.75, 3.05) is 6.61 Å². The van der Waals surface area contributed by atoms with Gasteiger partial charge in [0.2, 0.25) is 0 Å². The zero-order chi connectivity index (χ0) is 17.3. The van der Waals surface area contributed by atoms with Crippen LogP contribution in [0.1, 0.15) is 0 Å². The molecule has 0 bridgehead atoms. The maximum absolute atomic E-state index is 11.2. The molecule has 5 atom stereocenters. The van der Waals surface area contributed by atoms with Crippen LogP contribution in [0, 0.1) is 0 Å². The number of rotatable bonds is 7. The molecular weight excluding hydrogens is 375 g/mol. The molecule has 1 rings (SSSR count). The first kappa shape index (κ1) is 20.3. The molecule has 0 amide bonds. The Morgan fingerprint density at radius 2 is 1.59 bits per heavy atom. The van der Waals surface area contributed by atoms with Gasteiger partial charge in [-0.2, -0.15) is 4.31 Å². The highest BCUT2D eigenvalue weighted by Gasteiger charge is 2.47. The van der Waals surface area contributed by atoms with Crippen LogP contribution >= 0.6 is 23.5 Å². The van der Waals surface area contributed by atoms with Crippen molar-refractivity contribution in [1.29, 1.82) is 0 Å². The SMILES string of the molecule is N[C@@H]1O[C@H](COP(=O)(O)OP(=O)(O)O)[C@@H](O)[C@H]1OP(=O)(O)O. The summed E-state index contributed by atoms with van der Waals surface area (Å²) in [6.45, 7) is -0.927. The lowest BCUT2D eigenvalue weighted by Gasteiger charge is -2.19. The van der Waals surface area contributed by atoms with E-state index in [1.165, 1.54) is 0 Å². The van der Waals surface area contributed by atoms with E-state index >= 15 is 0 Å². The van der Waals surface area contributed by atoms with Crippen molar-refractivity contribution in [1.82, 2.24) is 0 Å². The number of aliphatic hydroxyl groups is 1. The van der Waals surface area contributed by atoms with Crippen molar-refractivity contribution in [3.63, 3.8) is 0 Å². The molecule has 132 valence electrons. The fourth-order valence-electron chi connectivity index (χ4n) is 1.51. The summed E-state index contributed by atoms with van der Waals surface area (Å²) in [5.41, 5.74) is 5.31. The predicted molar refractivity (Wildman–Crippen MR) is 64.7 cm³/mol. The number of phosphoric ester groups is 2. The standard InChI is InChI=1S/C5H14NO13P3/c6-5-4(18-20(8,9)10)3(7)2(17-5)1-16-22(14,15)19-21(11,12)13/h2-5,7H,1,6H2,(H,14,15)(H2,8,9,10)(H2,11,12,13)/t2-,3-,4-,5-/m1/s1. The first-order valence-corrected chi connectivity index (χ1v) is 9.83. The Balaban J connectivity index is 2.63. The summed E-state index contributed by atoms with van der Waals surface area (Å²) < 4.78 is 49.0. The normalized spacial score (nSPS) is 32.9. The van der Waals surface area contributed by atoms with Crippen LogP contribution in [0.25, 0.3) is 0 Å². The Kier molecular flexibility index (Phi) is 6.47. The zero-order valence-corrected chi connectivity index (χ0v) is 13.2. The highest BCUT2D eigenvalue weighted by atomic mass is 31.3. The molecule has 22 heavy (non-hydrogen) atoms. The maximum Gasteiger partial charge on any atom is 0.481 e. The minimum atomic E-state index is -5.31. The Bertz CT molecular complexity index is 526. The van der Waals surface area contributed by atoms with Crippen LogP contribution in [0.4, 0.5) is 0 Å². The Labute approximate surface area is 122 Å². The van der Waals surface area contributed by atoms with Crippen molar-refractivity contribution in [2.45, 2.75) is 24.5 Å². The molecule has 1 aliphatic heterocycles. The molecule has 0 spiro atoms. The molecule has 0 aromatic carbocycles. The van der Waals surface area contributed by atoms with Crippen molar-refractivity contribution >= 4 is 23.5 Å². The van der Waals surface area contributed by atoms with E-state index in [1.54, 1.807) is 0 Å². The molecule has 1 aliphatic rings. The van der Waals surface area contributed by atoms with E-state index in [2.05, 4.69) is 13.4 Å². The van der Waals surface area contributed by atoms with Crippen molar-refractivity contribution in [3.8, 4) is 0 Å².